The van der Waals surface area contributed by atoms with Gasteiger partial charge in [-0.3, -0.25) is 4.79 Å². The van der Waals surface area contributed by atoms with Crippen molar-refractivity contribution in [3.8, 4) is 0 Å². The number of carboxylic acid groups (broad SMARTS) is 1. The van der Waals surface area contributed by atoms with Crippen molar-refractivity contribution in [3.63, 3.8) is 0 Å². The topological polar surface area (TPSA) is 60.8 Å². The standard InChI is InChI=1S/C11H19NO3/c1-12-6-2-3-8(7-12)9(13)11(4-5-11)10(14)15/h8-9,13H,2-7H2,1H3,(H,14,15). The predicted octanol–water partition coefficient (Wildman–Crippen LogP) is 0.554. The van der Waals surface area contributed by atoms with Gasteiger partial charge in [-0.1, -0.05) is 0 Å². The molecule has 1 aliphatic heterocycles. The molecule has 0 radical (unpaired) electrons. The first kappa shape index (κ1) is 10.9. The molecule has 2 fully saturated rings. The molecule has 4 nitrogen and oxygen atoms in total. The van der Waals surface area contributed by atoms with Crippen molar-refractivity contribution in [2.75, 3.05) is 20.1 Å². The first-order valence-electron chi connectivity index (χ1n) is 5.66. The van der Waals surface area contributed by atoms with E-state index in [0.29, 0.717) is 12.8 Å². The molecule has 2 atom stereocenters. The molecule has 0 bridgehead atoms. The second-order valence-corrected chi connectivity index (χ2v) is 5.07. The number of aliphatic hydroxyl groups is 1. The van der Waals surface area contributed by atoms with Crippen molar-refractivity contribution in [2.45, 2.75) is 31.8 Å². The lowest BCUT2D eigenvalue weighted by Gasteiger charge is -2.35. The highest BCUT2D eigenvalue weighted by Crippen LogP contribution is 2.51. The SMILES string of the molecule is CN1CCCC(C(O)C2(C(=O)O)CC2)C1. The Kier molecular flexibility index (Phi) is 2.73. The number of likely N-dealkylation sites (tertiary alicyclic amines) is 1. The number of hydrogen-bond donors (Lipinski definition) is 2. The molecule has 15 heavy (non-hydrogen) atoms. The van der Waals surface area contributed by atoms with Crippen molar-refractivity contribution in [1.29, 1.82) is 0 Å². The second-order valence-electron chi connectivity index (χ2n) is 5.07. The molecule has 0 amide bonds. The number of carbonyl (C=O) groups is 1. The molecule has 1 saturated heterocycles. The average Bonchev–Trinajstić information content (AvgIpc) is 2.97. The van der Waals surface area contributed by atoms with E-state index in [4.69, 9.17) is 5.11 Å². The van der Waals surface area contributed by atoms with E-state index in [1.165, 1.54) is 0 Å². The first-order valence-corrected chi connectivity index (χ1v) is 5.66. The van der Waals surface area contributed by atoms with Gasteiger partial charge in [0.2, 0.25) is 0 Å². The van der Waals surface area contributed by atoms with Gasteiger partial charge in [-0.05, 0) is 45.2 Å². The summed E-state index contributed by atoms with van der Waals surface area (Å²) >= 11 is 0. The maximum Gasteiger partial charge on any atom is 0.312 e. The van der Waals surface area contributed by atoms with E-state index in [9.17, 15) is 9.90 Å². The van der Waals surface area contributed by atoms with E-state index in [-0.39, 0.29) is 5.92 Å². The molecule has 0 aromatic rings. The Labute approximate surface area is 89.9 Å². The van der Waals surface area contributed by atoms with Crippen molar-refractivity contribution < 1.29 is 15.0 Å². The van der Waals surface area contributed by atoms with Gasteiger partial charge >= 0.3 is 5.97 Å². The minimum Gasteiger partial charge on any atom is -0.481 e. The molecule has 0 spiro atoms. The highest BCUT2D eigenvalue weighted by molar-refractivity contribution is 5.78. The quantitative estimate of drug-likeness (QED) is 0.719. The maximum absolute atomic E-state index is 11.1. The summed E-state index contributed by atoms with van der Waals surface area (Å²) in [5.41, 5.74) is -0.803. The Balaban J connectivity index is 2.01. The van der Waals surface area contributed by atoms with Gasteiger partial charge in [-0.2, -0.15) is 0 Å². The summed E-state index contributed by atoms with van der Waals surface area (Å²) in [7, 11) is 2.03. The van der Waals surface area contributed by atoms with Crippen molar-refractivity contribution >= 4 is 5.97 Å². The van der Waals surface area contributed by atoms with Gasteiger partial charge in [-0.15, -0.1) is 0 Å². The number of carboxylic acids is 1. The van der Waals surface area contributed by atoms with Crippen molar-refractivity contribution in [3.05, 3.63) is 0 Å². The molecule has 1 heterocycles. The van der Waals surface area contributed by atoms with Crippen LogP contribution < -0.4 is 0 Å². The molecule has 2 unspecified atom stereocenters. The number of aliphatic hydroxyl groups excluding tert-OH is 1. The summed E-state index contributed by atoms with van der Waals surface area (Å²) in [5, 5.41) is 19.2. The number of nitrogens with zero attached hydrogens (tertiary/aromatic N) is 1. The fraction of sp³-hybridized carbons (Fsp3) is 0.909. The van der Waals surface area contributed by atoms with Gasteiger partial charge in [0.05, 0.1) is 11.5 Å². The third-order valence-electron chi connectivity index (χ3n) is 3.89. The second kappa shape index (κ2) is 3.76. The molecule has 2 rings (SSSR count). The third kappa shape index (κ3) is 1.88. The lowest BCUT2D eigenvalue weighted by molar-refractivity contribution is -0.150. The van der Waals surface area contributed by atoms with Crippen LogP contribution in [0.5, 0.6) is 0 Å². The highest BCUT2D eigenvalue weighted by Gasteiger charge is 2.57. The van der Waals surface area contributed by atoms with E-state index in [1.807, 2.05) is 7.05 Å². The van der Waals surface area contributed by atoms with Crippen LogP contribution in [0.4, 0.5) is 0 Å². The van der Waals surface area contributed by atoms with Gasteiger partial charge in [-0.25, -0.2) is 0 Å². The molecule has 4 heteroatoms. The Morgan fingerprint density at radius 2 is 2.20 bits per heavy atom. The number of hydrogen-bond acceptors (Lipinski definition) is 3. The summed E-state index contributed by atoms with van der Waals surface area (Å²) < 4.78 is 0. The fourth-order valence-corrected chi connectivity index (χ4v) is 2.69. The number of piperidine rings is 1. The zero-order chi connectivity index (χ0) is 11.1. The Morgan fingerprint density at radius 3 is 2.67 bits per heavy atom. The van der Waals surface area contributed by atoms with E-state index < -0.39 is 17.5 Å². The summed E-state index contributed by atoms with van der Waals surface area (Å²) in [5.74, 6) is -0.675. The van der Waals surface area contributed by atoms with E-state index in [1.54, 1.807) is 0 Å². The average molecular weight is 213 g/mol. The molecular formula is C11H19NO3. The minimum atomic E-state index is -0.816. The first-order chi connectivity index (χ1) is 7.06. The molecule has 2 aliphatic rings. The maximum atomic E-state index is 11.1. The van der Waals surface area contributed by atoms with Gasteiger partial charge in [0.25, 0.3) is 0 Å². The van der Waals surface area contributed by atoms with Crippen LogP contribution in [-0.2, 0) is 4.79 Å². The van der Waals surface area contributed by atoms with Crippen LogP contribution in [0.25, 0.3) is 0 Å². The van der Waals surface area contributed by atoms with Gasteiger partial charge < -0.3 is 15.1 Å². The molecule has 1 saturated carbocycles. The van der Waals surface area contributed by atoms with E-state index in [2.05, 4.69) is 4.90 Å². The zero-order valence-corrected chi connectivity index (χ0v) is 9.15. The molecular weight excluding hydrogens is 194 g/mol. The van der Waals surface area contributed by atoms with Crippen LogP contribution in [0.2, 0.25) is 0 Å². The van der Waals surface area contributed by atoms with Crippen LogP contribution in [-0.4, -0.2) is 47.3 Å². The van der Waals surface area contributed by atoms with Crippen LogP contribution in [0, 0.1) is 11.3 Å². The normalized spacial score (nSPS) is 32.3. The lowest BCUT2D eigenvalue weighted by Crippen LogP contribution is -2.44. The molecule has 86 valence electrons. The van der Waals surface area contributed by atoms with Gasteiger partial charge in [0, 0.05) is 6.54 Å². The largest absolute Gasteiger partial charge is 0.481 e. The zero-order valence-electron chi connectivity index (χ0n) is 9.15. The Hall–Kier alpha value is -0.610. The van der Waals surface area contributed by atoms with Crippen LogP contribution in [0.3, 0.4) is 0 Å². The smallest absolute Gasteiger partial charge is 0.312 e. The molecule has 2 N–H and O–H groups in total. The van der Waals surface area contributed by atoms with Crippen LogP contribution in [0.15, 0.2) is 0 Å². The van der Waals surface area contributed by atoms with Crippen LogP contribution >= 0.6 is 0 Å². The van der Waals surface area contributed by atoms with Crippen molar-refractivity contribution in [1.82, 2.24) is 4.90 Å². The Morgan fingerprint density at radius 1 is 1.53 bits per heavy atom. The summed E-state index contributed by atoms with van der Waals surface area (Å²) in [4.78, 5) is 13.3. The molecule has 0 aromatic heterocycles. The third-order valence-corrected chi connectivity index (χ3v) is 3.89. The molecule has 1 aliphatic carbocycles. The minimum absolute atomic E-state index is 0.141. The summed E-state index contributed by atoms with van der Waals surface area (Å²) in [6.07, 6.45) is 2.65. The lowest BCUT2D eigenvalue weighted by atomic mass is 9.83. The number of aliphatic carboxylic acids is 1. The van der Waals surface area contributed by atoms with Crippen LogP contribution in [0.1, 0.15) is 25.7 Å². The van der Waals surface area contributed by atoms with E-state index in [0.717, 1.165) is 25.9 Å². The highest BCUT2D eigenvalue weighted by atomic mass is 16.4. The van der Waals surface area contributed by atoms with Gasteiger partial charge in [0.15, 0.2) is 0 Å². The van der Waals surface area contributed by atoms with Gasteiger partial charge in [0.1, 0.15) is 0 Å². The predicted molar refractivity (Wildman–Crippen MR) is 55.5 cm³/mol. The monoisotopic (exact) mass is 213 g/mol. The molecule has 0 aromatic carbocycles. The summed E-state index contributed by atoms with van der Waals surface area (Å²) in [6.45, 7) is 1.89. The fourth-order valence-electron chi connectivity index (χ4n) is 2.69. The van der Waals surface area contributed by atoms with E-state index >= 15 is 0 Å². The number of rotatable bonds is 3. The van der Waals surface area contributed by atoms with Crippen molar-refractivity contribution in [2.24, 2.45) is 11.3 Å². The summed E-state index contributed by atoms with van der Waals surface area (Å²) in [6, 6.07) is 0. The Bertz CT molecular complexity index is 263.